The molecule has 0 aromatic rings. The molecule has 1 amide bonds. The van der Waals surface area contributed by atoms with Crippen LogP contribution >= 0.6 is 0 Å². The van der Waals surface area contributed by atoms with E-state index in [1.54, 1.807) is 0 Å². The summed E-state index contributed by atoms with van der Waals surface area (Å²) < 4.78 is 0. The highest BCUT2D eigenvalue weighted by atomic mass is 16.3. The minimum Gasteiger partial charge on any atom is -0.382 e. The summed E-state index contributed by atoms with van der Waals surface area (Å²) in [6.45, 7) is 5.66. The number of carbonyl (C=O) groups is 1. The van der Waals surface area contributed by atoms with Gasteiger partial charge in [0.25, 0.3) is 5.91 Å². The van der Waals surface area contributed by atoms with E-state index in [0.717, 1.165) is 12.8 Å². The van der Waals surface area contributed by atoms with Gasteiger partial charge >= 0.3 is 0 Å². The van der Waals surface area contributed by atoms with Crippen molar-refractivity contribution in [2.24, 2.45) is 0 Å². The Morgan fingerprint density at radius 3 is 2.29 bits per heavy atom. The summed E-state index contributed by atoms with van der Waals surface area (Å²) >= 11 is 0. The molecule has 4 heteroatoms. The summed E-state index contributed by atoms with van der Waals surface area (Å²) in [4.78, 5) is 11.6. The highest BCUT2D eigenvalue weighted by Gasteiger charge is 2.25. The standard InChI is InChI=1S/C13H26N2O2/c1-9(2)14-13(17)12(16)10(3)15-11-7-5-4-6-8-11/h9-12,15-16H,4-8H2,1-3H3,(H,14,17). The van der Waals surface area contributed by atoms with E-state index >= 15 is 0 Å². The second kappa shape index (κ2) is 6.97. The SMILES string of the molecule is CC(C)NC(=O)C(O)C(C)NC1CCCCC1. The Balaban J connectivity index is 2.34. The fraction of sp³-hybridized carbons (Fsp3) is 0.923. The average molecular weight is 242 g/mol. The normalized spacial score (nSPS) is 21.2. The Labute approximate surface area is 104 Å². The quantitative estimate of drug-likeness (QED) is 0.678. The smallest absolute Gasteiger partial charge is 0.250 e. The van der Waals surface area contributed by atoms with Gasteiger partial charge in [0, 0.05) is 18.1 Å². The molecule has 2 unspecified atom stereocenters. The van der Waals surface area contributed by atoms with E-state index in [9.17, 15) is 9.90 Å². The summed E-state index contributed by atoms with van der Waals surface area (Å²) in [5.41, 5.74) is 0. The van der Waals surface area contributed by atoms with Gasteiger partial charge in [0.15, 0.2) is 0 Å². The predicted octanol–water partition coefficient (Wildman–Crippen LogP) is 1.18. The van der Waals surface area contributed by atoms with Crippen molar-refractivity contribution >= 4 is 5.91 Å². The van der Waals surface area contributed by atoms with Crippen molar-refractivity contribution < 1.29 is 9.90 Å². The van der Waals surface area contributed by atoms with Crippen molar-refractivity contribution in [1.29, 1.82) is 0 Å². The average Bonchev–Trinajstić information content (AvgIpc) is 2.28. The summed E-state index contributed by atoms with van der Waals surface area (Å²) in [6, 6.07) is 0.344. The molecular weight excluding hydrogens is 216 g/mol. The molecule has 1 aliphatic carbocycles. The fourth-order valence-corrected chi connectivity index (χ4v) is 2.33. The number of nitrogens with one attached hydrogen (secondary N) is 2. The lowest BCUT2D eigenvalue weighted by molar-refractivity contribution is -0.131. The molecule has 1 saturated carbocycles. The van der Waals surface area contributed by atoms with Crippen LogP contribution in [0.4, 0.5) is 0 Å². The first-order valence-electron chi connectivity index (χ1n) is 6.75. The molecule has 0 radical (unpaired) electrons. The Kier molecular flexibility index (Phi) is 5.92. The molecular formula is C13H26N2O2. The number of aliphatic hydroxyl groups is 1. The van der Waals surface area contributed by atoms with Crippen LogP contribution in [0.2, 0.25) is 0 Å². The minimum absolute atomic E-state index is 0.0685. The molecule has 0 aromatic carbocycles. The van der Waals surface area contributed by atoms with E-state index in [1.807, 2.05) is 20.8 Å². The first-order valence-corrected chi connectivity index (χ1v) is 6.75. The zero-order valence-electron chi connectivity index (χ0n) is 11.2. The maximum absolute atomic E-state index is 11.6. The predicted molar refractivity (Wildman–Crippen MR) is 68.8 cm³/mol. The van der Waals surface area contributed by atoms with Gasteiger partial charge in [-0.15, -0.1) is 0 Å². The van der Waals surface area contributed by atoms with E-state index in [2.05, 4.69) is 10.6 Å². The number of hydrogen-bond donors (Lipinski definition) is 3. The Morgan fingerprint density at radius 2 is 1.76 bits per heavy atom. The number of aliphatic hydroxyl groups excluding tert-OH is 1. The lowest BCUT2D eigenvalue weighted by Gasteiger charge is -2.28. The van der Waals surface area contributed by atoms with Gasteiger partial charge in [-0.05, 0) is 33.6 Å². The van der Waals surface area contributed by atoms with Crippen LogP contribution in [0.5, 0.6) is 0 Å². The zero-order valence-corrected chi connectivity index (χ0v) is 11.2. The van der Waals surface area contributed by atoms with E-state index in [4.69, 9.17) is 0 Å². The maximum Gasteiger partial charge on any atom is 0.250 e. The van der Waals surface area contributed by atoms with Crippen LogP contribution in [0.25, 0.3) is 0 Å². The van der Waals surface area contributed by atoms with Crippen LogP contribution in [0.1, 0.15) is 52.9 Å². The lowest BCUT2D eigenvalue weighted by atomic mass is 9.94. The van der Waals surface area contributed by atoms with Crippen molar-refractivity contribution in [3.63, 3.8) is 0 Å². The van der Waals surface area contributed by atoms with Crippen molar-refractivity contribution in [3.8, 4) is 0 Å². The Hall–Kier alpha value is -0.610. The van der Waals surface area contributed by atoms with Gasteiger partial charge in [0.2, 0.25) is 0 Å². The molecule has 0 heterocycles. The van der Waals surface area contributed by atoms with Gasteiger partial charge in [-0.2, -0.15) is 0 Å². The maximum atomic E-state index is 11.6. The van der Waals surface area contributed by atoms with Crippen LogP contribution in [0, 0.1) is 0 Å². The number of hydrogen-bond acceptors (Lipinski definition) is 3. The molecule has 0 aromatic heterocycles. The lowest BCUT2D eigenvalue weighted by Crippen LogP contribution is -2.51. The first-order chi connectivity index (χ1) is 8.00. The highest BCUT2D eigenvalue weighted by molar-refractivity contribution is 5.81. The molecule has 17 heavy (non-hydrogen) atoms. The fourth-order valence-electron chi connectivity index (χ4n) is 2.33. The molecule has 2 atom stereocenters. The topological polar surface area (TPSA) is 61.4 Å². The molecule has 0 saturated heterocycles. The van der Waals surface area contributed by atoms with Crippen LogP contribution in [-0.2, 0) is 4.79 Å². The van der Waals surface area contributed by atoms with Gasteiger partial charge in [-0.25, -0.2) is 0 Å². The molecule has 3 N–H and O–H groups in total. The van der Waals surface area contributed by atoms with Gasteiger partial charge < -0.3 is 15.7 Å². The molecule has 0 spiro atoms. The van der Waals surface area contributed by atoms with Gasteiger partial charge in [0.05, 0.1) is 0 Å². The minimum atomic E-state index is -0.959. The number of rotatable bonds is 5. The van der Waals surface area contributed by atoms with E-state index in [1.165, 1.54) is 19.3 Å². The van der Waals surface area contributed by atoms with Crippen LogP contribution < -0.4 is 10.6 Å². The van der Waals surface area contributed by atoms with Gasteiger partial charge in [-0.3, -0.25) is 4.79 Å². The summed E-state index contributed by atoms with van der Waals surface area (Å²) in [6.07, 6.45) is 5.16. The third kappa shape index (κ3) is 5.04. The van der Waals surface area contributed by atoms with Crippen molar-refractivity contribution in [3.05, 3.63) is 0 Å². The largest absolute Gasteiger partial charge is 0.382 e. The molecule has 1 rings (SSSR count). The second-order valence-corrected chi connectivity index (χ2v) is 5.40. The summed E-state index contributed by atoms with van der Waals surface area (Å²) in [5, 5.41) is 16.0. The van der Waals surface area contributed by atoms with Crippen LogP contribution in [0.15, 0.2) is 0 Å². The molecule has 1 fully saturated rings. The van der Waals surface area contributed by atoms with E-state index < -0.39 is 6.10 Å². The first kappa shape index (κ1) is 14.5. The third-order valence-corrected chi connectivity index (χ3v) is 3.28. The molecule has 0 bridgehead atoms. The molecule has 4 nitrogen and oxygen atoms in total. The number of amides is 1. The second-order valence-electron chi connectivity index (χ2n) is 5.40. The monoisotopic (exact) mass is 242 g/mol. The Bertz CT molecular complexity index is 238. The van der Waals surface area contributed by atoms with Crippen molar-refractivity contribution in [2.45, 2.75) is 77.1 Å². The Morgan fingerprint density at radius 1 is 1.18 bits per heavy atom. The molecule has 1 aliphatic rings. The van der Waals surface area contributed by atoms with Gasteiger partial charge in [-0.1, -0.05) is 19.3 Å². The zero-order chi connectivity index (χ0) is 12.8. The van der Waals surface area contributed by atoms with E-state index in [-0.39, 0.29) is 18.0 Å². The van der Waals surface area contributed by atoms with Gasteiger partial charge in [0.1, 0.15) is 6.10 Å². The summed E-state index contributed by atoms with van der Waals surface area (Å²) in [5.74, 6) is -0.282. The van der Waals surface area contributed by atoms with Crippen LogP contribution in [0.3, 0.4) is 0 Å². The summed E-state index contributed by atoms with van der Waals surface area (Å²) in [7, 11) is 0. The highest BCUT2D eigenvalue weighted by Crippen LogP contribution is 2.18. The molecule has 0 aliphatic heterocycles. The van der Waals surface area contributed by atoms with E-state index in [0.29, 0.717) is 6.04 Å². The van der Waals surface area contributed by atoms with Crippen molar-refractivity contribution in [1.82, 2.24) is 10.6 Å². The number of carbonyl (C=O) groups excluding carboxylic acids is 1. The van der Waals surface area contributed by atoms with Crippen LogP contribution in [-0.4, -0.2) is 35.2 Å². The van der Waals surface area contributed by atoms with Crippen molar-refractivity contribution in [2.75, 3.05) is 0 Å². The molecule has 100 valence electrons. The third-order valence-electron chi connectivity index (χ3n) is 3.28.